The van der Waals surface area contributed by atoms with Crippen LogP contribution in [0, 0.1) is 22.2 Å². The fourth-order valence-corrected chi connectivity index (χ4v) is 18.9. The second-order valence-corrected chi connectivity index (χ2v) is 27.1. The first-order chi connectivity index (χ1) is 23.5. The molecule has 1 atom stereocenters. The van der Waals surface area contributed by atoms with Gasteiger partial charge in [-0.2, -0.15) is 0 Å². The molecule has 3 aromatic carbocycles. The van der Waals surface area contributed by atoms with Crippen LogP contribution in [-0.4, -0.2) is 3.21 Å². The van der Waals surface area contributed by atoms with Crippen LogP contribution >= 0.6 is 0 Å². The second-order valence-electron chi connectivity index (χ2n) is 20.4. The normalized spacial score (nSPS) is 19.8. The third-order valence-electron chi connectivity index (χ3n) is 12.5. The van der Waals surface area contributed by atoms with Crippen LogP contribution in [0.15, 0.2) is 87.8 Å². The summed E-state index contributed by atoms with van der Waals surface area (Å²) >= 11 is -2.74. The Morgan fingerprint density at radius 2 is 1.09 bits per heavy atom. The topological polar surface area (TPSA) is 0 Å². The summed E-state index contributed by atoms with van der Waals surface area (Å²) in [4.78, 5) is 0. The van der Waals surface area contributed by atoms with Gasteiger partial charge in [0, 0.05) is 0 Å². The van der Waals surface area contributed by atoms with Crippen molar-refractivity contribution >= 4 is 14.4 Å². The molecule has 0 fully saturated rings. The van der Waals surface area contributed by atoms with Gasteiger partial charge in [0.05, 0.1) is 0 Å². The Hall–Kier alpha value is -2.05. The predicted octanol–water partition coefficient (Wildman–Crippen LogP) is 7.96. The molecule has 0 amide bonds. The van der Waals surface area contributed by atoms with Gasteiger partial charge in [0.1, 0.15) is 0 Å². The Labute approximate surface area is 342 Å². The van der Waals surface area contributed by atoms with E-state index < -0.39 is 21.3 Å². The molecular weight excluding hydrogens is 763 g/mol. The molecular formula is C50H62Cl2Zr. The van der Waals surface area contributed by atoms with E-state index in [0.29, 0.717) is 9.54 Å². The number of halogens is 2. The summed E-state index contributed by atoms with van der Waals surface area (Å²) in [5, 5.41) is 0. The molecule has 0 N–H and O–H groups in total. The first kappa shape index (κ1) is 42.1. The maximum absolute atomic E-state index is 2.74. The van der Waals surface area contributed by atoms with Gasteiger partial charge in [0.15, 0.2) is 0 Å². The van der Waals surface area contributed by atoms with E-state index in [0.717, 1.165) is 6.42 Å². The zero-order valence-electron chi connectivity index (χ0n) is 35.1. The molecule has 0 nitrogen and oxygen atoms in total. The zero-order valence-corrected chi connectivity index (χ0v) is 39.1. The molecule has 4 aliphatic rings. The molecule has 0 aliphatic heterocycles. The summed E-state index contributed by atoms with van der Waals surface area (Å²) in [5.41, 5.74) is 18.5. The Morgan fingerprint density at radius 3 is 1.49 bits per heavy atom. The van der Waals surface area contributed by atoms with Gasteiger partial charge in [-0.15, -0.1) is 0 Å². The van der Waals surface area contributed by atoms with Gasteiger partial charge < -0.3 is 24.8 Å². The van der Waals surface area contributed by atoms with Gasteiger partial charge in [-0.3, -0.25) is 0 Å². The van der Waals surface area contributed by atoms with Crippen molar-refractivity contribution in [2.45, 2.75) is 125 Å². The van der Waals surface area contributed by atoms with Gasteiger partial charge in [0.2, 0.25) is 0 Å². The largest absolute Gasteiger partial charge is 1.00 e. The van der Waals surface area contributed by atoms with E-state index in [4.69, 9.17) is 0 Å². The van der Waals surface area contributed by atoms with Crippen molar-refractivity contribution in [1.82, 2.24) is 0 Å². The number of hydrogen-bond donors (Lipinski definition) is 0. The zero-order chi connectivity index (χ0) is 37.2. The van der Waals surface area contributed by atoms with E-state index in [1.807, 2.05) is 0 Å². The Morgan fingerprint density at radius 1 is 0.642 bits per heavy atom. The number of hydrogen-bond acceptors (Lipinski definition) is 0. The minimum Gasteiger partial charge on any atom is -1.00 e. The van der Waals surface area contributed by atoms with Crippen LogP contribution in [0.3, 0.4) is 0 Å². The number of benzene rings is 3. The first-order valence-corrected chi connectivity index (χ1v) is 23.5. The maximum atomic E-state index is 2.72. The second kappa shape index (κ2) is 13.9. The van der Waals surface area contributed by atoms with Gasteiger partial charge in [-0.1, -0.05) is 0 Å². The SMILES string of the molecule is CCC1C=C(C(C)(C)C)C=[C]1/[Zr+2](=[C](/C)c1ccccc1)[CH]1c2cc3c(cc2-c2cc4c(cc21)C(C)(C)C=C4C(C)(C)C)C(C(C)(C)C)=CC3(C)C.[Cl-].[Cl-]. The van der Waals surface area contributed by atoms with Crippen LogP contribution in [-0.2, 0) is 32.1 Å². The molecule has 0 aromatic heterocycles. The average Bonchev–Trinajstić information content (AvgIpc) is 3.75. The maximum Gasteiger partial charge on any atom is -1.00 e. The summed E-state index contributed by atoms with van der Waals surface area (Å²) < 4.78 is 3.89. The Kier molecular flexibility index (Phi) is 11.0. The molecule has 7 rings (SSSR count). The number of allylic oxidation sites excluding steroid dienone is 8. The van der Waals surface area contributed by atoms with Gasteiger partial charge in [-0.05, 0) is 0 Å². The van der Waals surface area contributed by atoms with Crippen molar-refractivity contribution in [1.29, 1.82) is 0 Å². The summed E-state index contributed by atoms with van der Waals surface area (Å²) in [6.45, 7) is 36.3. The minimum absolute atomic E-state index is 0. The number of rotatable bonds is 4. The van der Waals surface area contributed by atoms with Gasteiger partial charge in [0.25, 0.3) is 0 Å². The summed E-state index contributed by atoms with van der Waals surface area (Å²) in [6, 6.07) is 22.2. The molecule has 53 heavy (non-hydrogen) atoms. The van der Waals surface area contributed by atoms with Crippen molar-refractivity contribution in [3.8, 4) is 11.1 Å². The van der Waals surface area contributed by atoms with Crippen LogP contribution in [0.2, 0.25) is 0 Å². The number of fused-ring (bicyclic) bond motifs is 5. The van der Waals surface area contributed by atoms with E-state index in [9.17, 15) is 0 Å². The molecule has 0 heterocycles. The summed E-state index contributed by atoms with van der Waals surface area (Å²) in [5.74, 6) is 0.514. The Balaban J connectivity index is 0.00000271. The minimum atomic E-state index is -2.74. The predicted molar refractivity (Wildman–Crippen MR) is 220 cm³/mol. The molecule has 0 bridgehead atoms. The van der Waals surface area contributed by atoms with Crippen molar-refractivity contribution in [2.24, 2.45) is 22.2 Å². The van der Waals surface area contributed by atoms with Crippen LogP contribution < -0.4 is 24.8 Å². The molecule has 0 saturated heterocycles. The fourth-order valence-electron chi connectivity index (χ4n) is 9.60. The first-order valence-electron chi connectivity index (χ1n) is 19.6. The average molecular weight is 825 g/mol. The molecule has 3 aromatic rings. The Bertz CT molecular complexity index is 2030. The van der Waals surface area contributed by atoms with E-state index in [2.05, 4.69) is 183 Å². The molecule has 4 aliphatic carbocycles. The van der Waals surface area contributed by atoms with Gasteiger partial charge >= 0.3 is 320 Å². The molecule has 0 saturated carbocycles. The smallest absolute Gasteiger partial charge is 1.00 e. The van der Waals surface area contributed by atoms with Crippen molar-refractivity contribution < 1.29 is 46.1 Å². The van der Waals surface area contributed by atoms with Crippen LogP contribution in [0.1, 0.15) is 153 Å². The molecule has 1 unspecified atom stereocenters. The fraction of sp³-hybridized carbons (Fsp3) is 0.460. The van der Waals surface area contributed by atoms with Crippen LogP contribution in [0.4, 0.5) is 0 Å². The summed E-state index contributed by atoms with van der Waals surface area (Å²) in [6.07, 6.45) is 11.7. The summed E-state index contributed by atoms with van der Waals surface area (Å²) in [7, 11) is 0. The quantitative estimate of drug-likeness (QED) is 0.251. The third-order valence-corrected chi connectivity index (χ3v) is 20.9. The third kappa shape index (κ3) is 7.02. The van der Waals surface area contributed by atoms with E-state index in [-0.39, 0.29) is 51.9 Å². The van der Waals surface area contributed by atoms with Gasteiger partial charge in [-0.25, -0.2) is 0 Å². The van der Waals surface area contributed by atoms with Crippen molar-refractivity contribution in [2.75, 3.05) is 0 Å². The van der Waals surface area contributed by atoms with Crippen molar-refractivity contribution in [3.05, 3.63) is 127 Å². The molecule has 0 radical (unpaired) electrons. The molecule has 3 heteroatoms. The van der Waals surface area contributed by atoms with Crippen molar-refractivity contribution in [3.63, 3.8) is 0 Å². The van der Waals surface area contributed by atoms with E-state index >= 15 is 0 Å². The van der Waals surface area contributed by atoms with Crippen LogP contribution in [0.5, 0.6) is 0 Å². The van der Waals surface area contributed by atoms with Crippen LogP contribution in [0.25, 0.3) is 22.3 Å². The monoisotopic (exact) mass is 822 g/mol. The van der Waals surface area contributed by atoms with E-state index in [1.54, 1.807) is 17.6 Å². The molecule has 0 spiro atoms. The molecule has 280 valence electrons. The van der Waals surface area contributed by atoms with E-state index in [1.165, 1.54) is 55.7 Å². The standard InChI is InChI=1S/C31H37.C11H17.C8H8.2ClH.Zr/c1-28(2,3)26-16-30(7,8)24-12-18-11-19-13-25-23(15-21(19)20(18)14-22(24)26)27(29(4,5)6)17-31(25,9)10;1-5-9-6-7-10(8-9)11(2,3)4;1-2-8-6-4-3-5-7-8;;;/h11-17H,1-10H3;7-9H,5H2,1-4H3;3-7H,1H3;2*1H;/q;;;;;+2/p-2.